The molecule has 0 spiro atoms. The first-order valence-corrected chi connectivity index (χ1v) is 7.41. The van der Waals surface area contributed by atoms with E-state index >= 15 is 0 Å². The Hall–Kier alpha value is -1.38. The van der Waals surface area contributed by atoms with E-state index in [1.165, 1.54) is 12.1 Å². The van der Waals surface area contributed by atoms with Gasteiger partial charge in [0.15, 0.2) is 0 Å². The van der Waals surface area contributed by atoms with Gasteiger partial charge in [-0.25, -0.2) is 13.4 Å². The second-order valence-electron chi connectivity index (χ2n) is 3.41. The van der Waals surface area contributed by atoms with E-state index in [9.17, 15) is 8.42 Å². The summed E-state index contributed by atoms with van der Waals surface area (Å²) in [5.41, 5.74) is 5.71. The van der Waals surface area contributed by atoms with E-state index in [2.05, 4.69) is 14.1 Å². The number of benzene rings is 1. The molecule has 0 fully saturated rings. The lowest BCUT2D eigenvalue weighted by Crippen LogP contribution is -2.15. The third kappa shape index (κ3) is 2.55. The summed E-state index contributed by atoms with van der Waals surface area (Å²) in [6, 6.07) is 4.50. The highest BCUT2D eigenvalue weighted by atomic mass is 35.5. The fourth-order valence-electron chi connectivity index (χ4n) is 1.31. The molecule has 0 aliphatic heterocycles. The Kier molecular flexibility index (Phi) is 3.42. The first-order chi connectivity index (χ1) is 8.40. The van der Waals surface area contributed by atoms with Crippen molar-refractivity contribution in [3.8, 4) is 0 Å². The Bertz CT molecular complexity index is 663. The van der Waals surface area contributed by atoms with Crippen LogP contribution in [0.3, 0.4) is 0 Å². The van der Waals surface area contributed by atoms with Gasteiger partial charge in [0.1, 0.15) is 10.7 Å². The van der Waals surface area contributed by atoms with Crippen LogP contribution >= 0.6 is 23.1 Å². The topological polar surface area (TPSA) is 98.0 Å². The highest BCUT2D eigenvalue weighted by molar-refractivity contribution is 7.93. The molecule has 0 aliphatic rings. The van der Waals surface area contributed by atoms with Crippen LogP contribution in [0.15, 0.2) is 23.1 Å². The molecule has 0 bridgehead atoms. The summed E-state index contributed by atoms with van der Waals surface area (Å²) in [6.45, 7) is 1.66. The van der Waals surface area contributed by atoms with Gasteiger partial charge < -0.3 is 5.73 Å². The van der Waals surface area contributed by atoms with Gasteiger partial charge in [0.25, 0.3) is 10.0 Å². The maximum absolute atomic E-state index is 12.1. The van der Waals surface area contributed by atoms with Crippen LogP contribution in [0.2, 0.25) is 5.02 Å². The van der Waals surface area contributed by atoms with E-state index in [4.69, 9.17) is 17.3 Å². The number of aromatic nitrogens is 2. The zero-order chi connectivity index (χ0) is 13.3. The number of hydrogen-bond acceptors (Lipinski definition) is 6. The summed E-state index contributed by atoms with van der Waals surface area (Å²) in [4.78, 5) is 3.76. The van der Waals surface area contributed by atoms with Crippen LogP contribution in [0.1, 0.15) is 5.82 Å². The van der Waals surface area contributed by atoms with Crippen molar-refractivity contribution in [2.45, 2.75) is 11.8 Å². The average Bonchev–Trinajstić information content (AvgIpc) is 2.62. The van der Waals surface area contributed by atoms with Crippen molar-refractivity contribution >= 4 is 44.0 Å². The van der Waals surface area contributed by atoms with Crippen molar-refractivity contribution in [2.75, 3.05) is 10.5 Å². The van der Waals surface area contributed by atoms with Crippen molar-refractivity contribution in [2.24, 2.45) is 0 Å². The molecule has 3 N–H and O–H groups in total. The number of nitrogens with two attached hydrogens (primary N) is 1. The van der Waals surface area contributed by atoms with Gasteiger partial charge in [-0.1, -0.05) is 17.7 Å². The SMILES string of the molecule is Cc1nsc(NS(=O)(=O)c2c(N)cccc2Cl)n1. The molecule has 0 aliphatic carbocycles. The number of aryl methyl sites for hydroxylation is 1. The van der Waals surface area contributed by atoms with E-state index in [0.717, 1.165) is 11.5 Å². The Morgan fingerprint density at radius 3 is 2.72 bits per heavy atom. The summed E-state index contributed by atoms with van der Waals surface area (Å²) < 4.78 is 30.4. The van der Waals surface area contributed by atoms with Gasteiger partial charge in [-0.2, -0.15) is 4.37 Å². The summed E-state index contributed by atoms with van der Waals surface area (Å²) in [5.74, 6) is 0.491. The van der Waals surface area contributed by atoms with Crippen molar-refractivity contribution in [3.05, 3.63) is 29.0 Å². The number of nitrogens with one attached hydrogen (secondary N) is 1. The third-order valence-corrected chi connectivity index (χ3v) is 4.75. The van der Waals surface area contributed by atoms with E-state index in [1.807, 2.05) is 0 Å². The normalized spacial score (nSPS) is 11.4. The van der Waals surface area contributed by atoms with Crippen LogP contribution in [0.5, 0.6) is 0 Å². The van der Waals surface area contributed by atoms with Crippen LogP contribution in [0.4, 0.5) is 10.8 Å². The second kappa shape index (κ2) is 4.71. The molecule has 0 amide bonds. The lowest BCUT2D eigenvalue weighted by atomic mass is 10.3. The zero-order valence-corrected chi connectivity index (χ0v) is 11.6. The molecule has 96 valence electrons. The van der Waals surface area contributed by atoms with Crippen LogP contribution < -0.4 is 10.5 Å². The first kappa shape index (κ1) is 13.1. The smallest absolute Gasteiger partial charge is 0.267 e. The van der Waals surface area contributed by atoms with Gasteiger partial charge in [-0.15, -0.1) is 0 Å². The molecule has 6 nitrogen and oxygen atoms in total. The minimum absolute atomic E-state index is 0.0590. The predicted molar refractivity (Wildman–Crippen MR) is 71.3 cm³/mol. The summed E-state index contributed by atoms with van der Waals surface area (Å²) in [6.07, 6.45) is 0. The minimum atomic E-state index is -3.86. The summed E-state index contributed by atoms with van der Waals surface area (Å²) in [5, 5.41) is 0.232. The quantitative estimate of drug-likeness (QED) is 0.844. The molecule has 1 heterocycles. The Morgan fingerprint density at radius 1 is 1.44 bits per heavy atom. The highest BCUT2D eigenvalue weighted by Crippen LogP contribution is 2.29. The Morgan fingerprint density at radius 2 is 2.17 bits per heavy atom. The maximum atomic E-state index is 12.1. The fraction of sp³-hybridized carbons (Fsp3) is 0.111. The number of anilines is 2. The van der Waals surface area contributed by atoms with E-state index in [0.29, 0.717) is 5.82 Å². The van der Waals surface area contributed by atoms with Crippen LogP contribution in [0, 0.1) is 6.92 Å². The Labute approximate surface area is 113 Å². The highest BCUT2D eigenvalue weighted by Gasteiger charge is 2.22. The van der Waals surface area contributed by atoms with Crippen molar-refractivity contribution in [1.82, 2.24) is 9.36 Å². The molecule has 1 aromatic carbocycles. The van der Waals surface area contributed by atoms with Crippen molar-refractivity contribution in [1.29, 1.82) is 0 Å². The molecule has 2 aromatic rings. The van der Waals surface area contributed by atoms with Crippen molar-refractivity contribution in [3.63, 3.8) is 0 Å². The van der Waals surface area contributed by atoms with Crippen LogP contribution in [-0.4, -0.2) is 17.8 Å². The molecule has 0 unspecified atom stereocenters. The Balaban J connectivity index is 2.43. The number of nitrogens with zero attached hydrogens (tertiary/aromatic N) is 2. The number of rotatable bonds is 3. The molecule has 0 saturated carbocycles. The van der Waals surface area contributed by atoms with E-state index in [-0.39, 0.29) is 20.7 Å². The van der Waals surface area contributed by atoms with Crippen LogP contribution in [0.25, 0.3) is 0 Å². The van der Waals surface area contributed by atoms with Gasteiger partial charge in [0.05, 0.1) is 10.7 Å². The van der Waals surface area contributed by atoms with E-state index in [1.54, 1.807) is 13.0 Å². The molecular weight excluding hydrogens is 296 g/mol. The number of hydrogen-bond donors (Lipinski definition) is 2. The summed E-state index contributed by atoms with van der Waals surface area (Å²) >= 11 is 6.80. The second-order valence-corrected chi connectivity index (χ2v) is 6.19. The van der Waals surface area contributed by atoms with Gasteiger partial charge in [-0.3, -0.25) is 4.72 Å². The molecule has 9 heteroatoms. The van der Waals surface area contributed by atoms with E-state index < -0.39 is 10.0 Å². The summed E-state index contributed by atoms with van der Waals surface area (Å²) in [7, 11) is -3.86. The first-order valence-electron chi connectivity index (χ1n) is 4.77. The number of nitrogen functional groups attached to an aromatic ring is 1. The fourth-order valence-corrected chi connectivity index (χ4v) is 3.79. The van der Waals surface area contributed by atoms with Gasteiger partial charge in [0.2, 0.25) is 5.13 Å². The van der Waals surface area contributed by atoms with Gasteiger partial charge in [-0.05, 0) is 19.1 Å². The predicted octanol–water partition coefficient (Wildman–Crippen LogP) is 1.88. The number of halogens is 1. The zero-order valence-electron chi connectivity index (χ0n) is 9.21. The molecule has 1 aromatic heterocycles. The molecular formula is C9H9ClN4O2S2. The van der Waals surface area contributed by atoms with Gasteiger partial charge in [0, 0.05) is 11.5 Å². The van der Waals surface area contributed by atoms with Crippen molar-refractivity contribution < 1.29 is 8.42 Å². The number of sulfonamides is 1. The molecule has 2 rings (SSSR count). The van der Waals surface area contributed by atoms with Crippen LogP contribution in [-0.2, 0) is 10.0 Å². The molecule has 0 saturated heterocycles. The molecule has 18 heavy (non-hydrogen) atoms. The monoisotopic (exact) mass is 304 g/mol. The average molecular weight is 305 g/mol. The molecule has 0 radical (unpaired) electrons. The minimum Gasteiger partial charge on any atom is -0.398 e. The maximum Gasteiger partial charge on any atom is 0.267 e. The lowest BCUT2D eigenvalue weighted by molar-refractivity contribution is 0.601. The third-order valence-electron chi connectivity index (χ3n) is 2.02. The standard InChI is InChI=1S/C9H9ClN4O2S2/c1-5-12-9(17-13-5)14-18(15,16)8-6(10)3-2-4-7(8)11/h2-4H,11H2,1H3,(H,12,13,14). The molecule has 0 atom stereocenters. The largest absolute Gasteiger partial charge is 0.398 e. The lowest BCUT2D eigenvalue weighted by Gasteiger charge is -2.09. The van der Waals surface area contributed by atoms with Gasteiger partial charge >= 0.3 is 0 Å².